The van der Waals surface area contributed by atoms with Gasteiger partial charge in [0.15, 0.2) is 17.5 Å². The third kappa shape index (κ3) is 3.74. The number of rotatable bonds is 5. The number of nitrogens with one attached hydrogen (secondary N) is 1. The predicted octanol–water partition coefficient (Wildman–Crippen LogP) is 1.87. The Morgan fingerprint density at radius 1 is 1.12 bits per heavy atom. The fraction of sp³-hybridized carbons (Fsp3) is 0.176. The van der Waals surface area contributed by atoms with Crippen molar-refractivity contribution in [3.63, 3.8) is 0 Å². The van der Waals surface area contributed by atoms with Crippen molar-refractivity contribution in [3.05, 3.63) is 66.1 Å². The fourth-order valence-corrected chi connectivity index (χ4v) is 2.29. The van der Waals surface area contributed by atoms with E-state index in [2.05, 4.69) is 15.5 Å². The summed E-state index contributed by atoms with van der Waals surface area (Å²) in [5.74, 6) is -0.436. The summed E-state index contributed by atoms with van der Waals surface area (Å²) in [6.07, 6.45) is 0.935. The van der Waals surface area contributed by atoms with Crippen LogP contribution in [0.25, 0.3) is 5.65 Å². The van der Waals surface area contributed by atoms with Crippen molar-refractivity contribution in [3.8, 4) is 0 Å². The molecule has 0 aliphatic heterocycles. The number of amides is 1. The molecule has 1 aromatic carbocycles. The van der Waals surface area contributed by atoms with E-state index in [0.717, 1.165) is 5.56 Å². The molecule has 1 N–H and O–H groups in total. The van der Waals surface area contributed by atoms with E-state index in [-0.39, 0.29) is 12.4 Å². The van der Waals surface area contributed by atoms with Crippen LogP contribution in [0, 0.1) is 0 Å². The first-order chi connectivity index (χ1) is 12.2. The van der Waals surface area contributed by atoms with Gasteiger partial charge in [-0.3, -0.25) is 4.40 Å². The number of hydrogen-bond donors (Lipinski definition) is 1. The largest absolute Gasteiger partial charge is 0.467 e. The molecule has 1 unspecified atom stereocenters. The van der Waals surface area contributed by atoms with Gasteiger partial charge in [-0.25, -0.2) is 9.59 Å². The molecular formula is C17H16N4O4. The van der Waals surface area contributed by atoms with Gasteiger partial charge in [-0.2, -0.15) is 0 Å². The molecule has 3 aromatic rings. The Morgan fingerprint density at radius 2 is 1.88 bits per heavy atom. The van der Waals surface area contributed by atoms with Gasteiger partial charge in [0.25, 0.3) is 0 Å². The van der Waals surface area contributed by atoms with E-state index < -0.39 is 18.1 Å². The van der Waals surface area contributed by atoms with Gasteiger partial charge in [0, 0.05) is 6.20 Å². The van der Waals surface area contributed by atoms with Gasteiger partial charge in [0.05, 0.1) is 7.11 Å². The maximum atomic E-state index is 12.1. The zero-order chi connectivity index (χ0) is 17.6. The number of esters is 1. The summed E-state index contributed by atoms with van der Waals surface area (Å²) >= 11 is 0. The van der Waals surface area contributed by atoms with Crippen molar-refractivity contribution < 1.29 is 19.1 Å². The van der Waals surface area contributed by atoms with Crippen LogP contribution in [0.5, 0.6) is 0 Å². The zero-order valence-corrected chi connectivity index (χ0v) is 13.5. The molecule has 0 saturated heterocycles. The van der Waals surface area contributed by atoms with Crippen LogP contribution in [0.1, 0.15) is 17.4 Å². The van der Waals surface area contributed by atoms with Crippen LogP contribution in [0.15, 0.2) is 54.7 Å². The van der Waals surface area contributed by atoms with E-state index in [9.17, 15) is 9.59 Å². The lowest BCUT2D eigenvalue weighted by Crippen LogP contribution is -2.36. The van der Waals surface area contributed by atoms with E-state index in [4.69, 9.17) is 9.47 Å². The average molecular weight is 340 g/mol. The number of fused-ring (bicyclic) bond motifs is 1. The summed E-state index contributed by atoms with van der Waals surface area (Å²) in [4.78, 5) is 24.2. The van der Waals surface area contributed by atoms with Crippen LogP contribution in [0.4, 0.5) is 4.79 Å². The van der Waals surface area contributed by atoms with E-state index in [1.807, 2.05) is 30.3 Å². The highest BCUT2D eigenvalue weighted by atomic mass is 16.6. The number of methoxy groups -OCH3 is 1. The Bertz CT molecular complexity index is 878. The van der Waals surface area contributed by atoms with E-state index >= 15 is 0 Å². The maximum absolute atomic E-state index is 12.1. The SMILES string of the molecule is COC(=O)C(NC(=O)OCc1ccccc1)c1nnc2ccccn12. The average Bonchev–Trinajstić information content (AvgIpc) is 3.08. The molecule has 1 atom stereocenters. The van der Waals surface area contributed by atoms with E-state index in [0.29, 0.717) is 5.65 Å². The third-order valence-electron chi connectivity index (χ3n) is 3.51. The molecule has 0 saturated carbocycles. The predicted molar refractivity (Wildman–Crippen MR) is 87.5 cm³/mol. The number of ether oxygens (including phenoxy) is 2. The molecule has 0 aliphatic rings. The molecule has 8 nitrogen and oxygen atoms in total. The normalized spacial score (nSPS) is 11.7. The second-order valence-electron chi connectivity index (χ2n) is 5.15. The summed E-state index contributed by atoms with van der Waals surface area (Å²) in [6, 6.07) is 13.4. The molecule has 3 rings (SSSR count). The molecule has 25 heavy (non-hydrogen) atoms. The second-order valence-corrected chi connectivity index (χ2v) is 5.15. The van der Waals surface area contributed by atoms with Crippen molar-refractivity contribution in [1.29, 1.82) is 0 Å². The summed E-state index contributed by atoms with van der Waals surface area (Å²) in [5, 5.41) is 10.4. The molecule has 2 aromatic heterocycles. The molecule has 1 amide bonds. The second kappa shape index (κ2) is 7.43. The van der Waals surface area contributed by atoms with Crippen LogP contribution in [-0.4, -0.2) is 33.8 Å². The first kappa shape index (κ1) is 16.4. The van der Waals surface area contributed by atoms with Crippen LogP contribution >= 0.6 is 0 Å². The maximum Gasteiger partial charge on any atom is 0.408 e. The van der Waals surface area contributed by atoms with Crippen LogP contribution in [-0.2, 0) is 20.9 Å². The van der Waals surface area contributed by atoms with Gasteiger partial charge in [0.1, 0.15) is 6.61 Å². The highest BCUT2D eigenvalue weighted by molar-refractivity contribution is 5.82. The lowest BCUT2D eigenvalue weighted by molar-refractivity contribution is -0.143. The molecule has 2 heterocycles. The highest BCUT2D eigenvalue weighted by Gasteiger charge is 2.29. The minimum atomic E-state index is -1.13. The number of nitrogens with zero attached hydrogens (tertiary/aromatic N) is 3. The Kier molecular flexibility index (Phi) is 4.89. The van der Waals surface area contributed by atoms with Crippen molar-refractivity contribution >= 4 is 17.7 Å². The highest BCUT2D eigenvalue weighted by Crippen LogP contribution is 2.14. The molecule has 8 heteroatoms. The van der Waals surface area contributed by atoms with Gasteiger partial charge >= 0.3 is 12.1 Å². The third-order valence-corrected chi connectivity index (χ3v) is 3.51. The number of alkyl carbamates (subject to hydrolysis) is 1. The lowest BCUT2D eigenvalue weighted by atomic mass is 10.2. The Hall–Kier alpha value is -3.42. The van der Waals surface area contributed by atoms with Gasteiger partial charge in [0.2, 0.25) is 0 Å². The molecule has 128 valence electrons. The van der Waals surface area contributed by atoms with Gasteiger partial charge in [-0.15, -0.1) is 10.2 Å². The molecule has 0 fully saturated rings. The lowest BCUT2D eigenvalue weighted by Gasteiger charge is -2.15. The number of carbonyl (C=O) groups excluding carboxylic acids is 2. The molecule has 0 bridgehead atoms. The Balaban J connectivity index is 1.75. The first-order valence-electron chi connectivity index (χ1n) is 7.53. The van der Waals surface area contributed by atoms with Crippen molar-refractivity contribution in [2.24, 2.45) is 0 Å². The minimum absolute atomic E-state index is 0.0845. The molecular weight excluding hydrogens is 324 g/mol. The summed E-state index contributed by atoms with van der Waals surface area (Å²) in [7, 11) is 1.23. The van der Waals surface area contributed by atoms with Crippen molar-refractivity contribution in [2.45, 2.75) is 12.6 Å². The van der Waals surface area contributed by atoms with Gasteiger partial charge in [-0.05, 0) is 17.7 Å². The number of hydrogen-bond acceptors (Lipinski definition) is 6. The Labute approximate surface area is 143 Å². The summed E-state index contributed by atoms with van der Waals surface area (Å²) in [6.45, 7) is 0.0845. The van der Waals surface area contributed by atoms with Crippen LogP contribution < -0.4 is 5.32 Å². The first-order valence-corrected chi connectivity index (χ1v) is 7.53. The van der Waals surface area contributed by atoms with Crippen molar-refractivity contribution in [2.75, 3.05) is 7.11 Å². The quantitative estimate of drug-likeness (QED) is 0.713. The summed E-state index contributed by atoms with van der Waals surface area (Å²) < 4.78 is 11.5. The molecule has 0 spiro atoms. The standard InChI is InChI=1S/C17H16N4O4/c1-24-16(22)14(15-20-19-13-9-5-6-10-21(13)15)18-17(23)25-11-12-7-3-2-4-8-12/h2-10,14H,11H2,1H3,(H,18,23). The number of aromatic nitrogens is 3. The van der Waals surface area contributed by atoms with Crippen LogP contribution in [0.2, 0.25) is 0 Å². The molecule has 0 radical (unpaired) electrons. The molecule has 0 aliphatic carbocycles. The fourth-order valence-electron chi connectivity index (χ4n) is 2.29. The number of benzene rings is 1. The van der Waals surface area contributed by atoms with E-state index in [1.54, 1.807) is 28.8 Å². The monoisotopic (exact) mass is 340 g/mol. The van der Waals surface area contributed by atoms with E-state index in [1.165, 1.54) is 7.11 Å². The van der Waals surface area contributed by atoms with Gasteiger partial charge in [-0.1, -0.05) is 36.4 Å². The van der Waals surface area contributed by atoms with Gasteiger partial charge < -0.3 is 14.8 Å². The minimum Gasteiger partial charge on any atom is -0.467 e. The number of carbonyl (C=O) groups is 2. The van der Waals surface area contributed by atoms with Crippen molar-refractivity contribution in [1.82, 2.24) is 19.9 Å². The Morgan fingerprint density at radius 3 is 2.64 bits per heavy atom. The summed E-state index contributed by atoms with van der Waals surface area (Å²) in [5.41, 5.74) is 1.38. The zero-order valence-electron chi connectivity index (χ0n) is 13.5. The topological polar surface area (TPSA) is 94.8 Å². The number of pyridine rings is 1. The smallest absolute Gasteiger partial charge is 0.408 e. The van der Waals surface area contributed by atoms with Crippen LogP contribution in [0.3, 0.4) is 0 Å².